The summed E-state index contributed by atoms with van der Waals surface area (Å²) < 4.78 is 5.07. The fourth-order valence-electron chi connectivity index (χ4n) is 1.09. The average Bonchev–Trinajstić information content (AvgIpc) is 2.05. The molecule has 1 N–H and O–H groups in total. The van der Waals surface area contributed by atoms with Crippen molar-refractivity contribution in [1.82, 2.24) is 10.2 Å². The van der Waals surface area contributed by atoms with E-state index in [9.17, 15) is 0 Å². The van der Waals surface area contributed by atoms with Gasteiger partial charge in [-0.25, -0.2) is 0 Å². The smallest absolute Gasteiger partial charge is 0.0615 e. The van der Waals surface area contributed by atoms with Gasteiger partial charge in [-0.3, -0.25) is 0 Å². The second kappa shape index (κ2) is 7.53. The first-order chi connectivity index (χ1) is 5.72. The Kier molecular flexibility index (Phi) is 7.45. The van der Waals surface area contributed by atoms with Crippen LogP contribution in [0.3, 0.4) is 0 Å². The monoisotopic (exact) mass is 174 g/mol. The Labute approximate surface area is 76.1 Å². The fourth-order valence-corrected chi connectivity index (χ4v) is 1.09. The topological polar surface area (TPSA) is 24.5 Å². The Morgan fingerprint density at radius 2 is 2.17 bits per heavy atom. The summed E-state index contributed by atoms with van der Waals surface area (Å²) in [4.78, 5) is 2.32. The Bertz CT molecular complexity index is 98.5. The van der Waals surface area contributed by atoms with Crippen molar-refractivity contribution in [2.45, 2.75) is 19.4 Å². The molecule has 0 spiro atoms. The van der Waals surface area contributed by atoms with E-state index >= 15 is 0 Å². The molecule has 0 bridgehead atoms. The second-order valence-electron chi connectivity index (χ2n) is 3.24. The molecule has 0 fully saturated rings. The summed E-state index contributed by atoms with van der Waals surface area (Å²) >= 11 is 0. The van der Waals surface area contributed by atoms with Crippen LogP contribution >= 0.6 is 0 Å². The zero-order valence-corrected chi connectivity index (χ0v) is 8.76. The molecule has 74 valence electrons. The van der Waals surface area contributed by atoms with Crippen molar-refractivity contribution in [3.8, 4) is 0 Å². The highest BCUT2D eigenvalue weighted by atomic mass is 16.5. The summed E-state index contributed by atoms with van der Waals surface area (Å²) in [6.45, 7) is 5.22. The van der Waals surface area contributed by atoms with Gasteiger partial charge in [0.25, 0.3) is 0 Å². The largest absolute Gasteiger partial charge is 0.383 e. The Morgan fingerprint density at radius 3 is 2.67 bits per heavy atom. The first-order valence-corrected chi connectivity index (χ1v) is 4.56. The molecule has 0 aliphatic carbocycles. The number of hydrogen-bond acceptors (Lipinski definition) is 3. The van der Waals surface area contributed by atoms with Gasteiger partial charge in [0.05, 0.1) is 6.61 Å². The predicted molar refractivity (Wildman–Crippen MR) is 52.5 cm³/mol. The van der Waals surface area contributed by atoms with Crippen molar-refractivity contribution in [3.63, 3.8) is 0 Å². The summed E-state index contributed by atoms with van der Waals surface area (Å²) in [6, 6.07) is 0.520. The van der Waals surface area contributed by atoms with Crippen LogP contribution in [0.15, 0.2) is 0 Å². The van der Waals surface area contributed by atoms with Crippen molar-refractivity contribution in [2.24, 2.45) is 0 Å². The van der Waals surface area contributed by atoms with Gasteiger partial charge < -0.3 is 15.0 Å². The molecule has 0 heterocycles. The molecule has 0 rings (SSSR count). The molecule has 0 saturated carbocycles. The van der Waals surface area contributed by atoms with Crippen LogP contribution in [0.25, 0.3) is 0 Å². The van der Waals surface area contributed by atoms with Gasteiger partial charge in [-0.05, 0) is 40.5 Å². The van der Waals surface area contributed by atoms with Crippen molar-refractivity contribution < 1.29 is 4.74 Å². The highest BCUT2D eigenvalue weighted by Crippen LogP contribution is 1.96. The number of methoxy groups -OCH3 is 1. The van der Waals surface area contributed by atoms with Gasteiger partial charge in [0.15, 0.2) is 0 Å². The van der Waals surface area contributed by atoms with Gasteiger partial charge >= 0.3 is 0 Å². The molecule has 0 aromatic rings. The standard InChI is InChI=1S/C9H22N2O/c1-9(8-12-4)11(3)7-5-6-10-2/h9-10H,5-8H2,1-4H3. The lowest BCUT2D eigenvalue weighted by Crippen LogP contribution is -2.34. The molecule has 0 amide bonds. The van der Waals surface area contributed by atoms with Crippen molar-refractivity contribution >= 4 is 0 Å². The van der Waals surface area contributed by atoms with E-state index in [1.165, 1.54) is 6.42 Å². The Hall–Kier alpha value is -0.120. The molecule has 0 radical (unpaired) electrons. The number of hydrogen-bond donors (Lipinski definition) is 1. The summed E-state index contributed by atoms with van der Waals surface area (Å²) in [5, 5.41) is 3.14. The maximum Gasteiger partial charge on any atom is 0.0615 e. The van der Waals surface area contributed by atoms with Crippen LogP contribution in [0.1, 0.15) is 13.3 Å². The quantitative estimate of drug-likeness (QED) is 0.571. The van der Waals surface area contributed by atoms with E-state index in [1.807, 2.05) is 7.05 Å². The minimum absolute atomic E-state index is 0.520. The molecule has 12 heavy (non-hydrogen) atoms. The Balaban J connectivity index is 3.35. The molecule has 0 aliphatic rings. The number of rotatable bonds is 7. The highest BCUT2D eigenvalue weighted by molar-refractivity contribution is 4.62. The molecular formula is C9H22N2O. The third-order valence-corrected chi connectivity index (χ3v) is 2.10. The normalized spacial score (nSPS) is 13.8. The third kappa shape index (κ3) is 5.52. The van der Waals surface area contributed by atoms with Gasteiger partial charge in [-0.1, -0.05) is 0 Å². The van der Waals surface area contributed by atoms with Crippen molar-refractivity contribution in [1.29, 1.82) is 0 Å². The first kappa shape index (κ1) is 11.9. The molecule has 3 nitrogen and oxygen atoms in total. The molecule has 1 unspecified atom stereocenters. The lowest BCUT2D eigenvalue weighted by molar-refractivity contribution is 0.115. The van der Waals surface area contributed by atoms with Gasteiger partial charge in [0, 0.05) is 13.2 Å². The van der Waals surface area contributed by atoms with Crippen molar-refractivity contribution in [2.75, 3.05) is 40.9 Å². The fraction of sp³-hybridized carbons (Fsp3) is 1.00. The van der Waals surface area contributed by atoms with E-state index in [0.29, 0.717) is 6.04 Å². The summed E-state index contributed by atoms with van der Waals surface area (Å²) in [6.07, 6.45) is 1.20. The lowest BCUT2D eigenvalue weighted by Gasteiger charge is -2.23. The van der Waals surface area contributed by atoms with Gasteiger partial charge in [-0.2, -0.15) is 0 Å². The van der Waals surface area contributed by atoms with Crippen LogP contribution in [-0.2, 0) is 4.74 Å². The predicted octanol–water partition coefficient (Wildman–Crippen LogP) is 0.563. The van der Waals surface area contributed by atoms with Crippen LogP contribution in [0.4, 0.5) is 0 Å². The summed E-state index contributed by atoms with van der Waals surface area (Å²) in [5.41, 5.74) is 0. The maximum absolute atomic E-state index is 5.07. The van der Waals surface area contributed by atoms with Crippen LogP contribution in [0, 0.1) is 0 Å². The maximum atomic E-state index is 5.07. The van der Waals surface area contributed by atoms with Crippen LogP contribution in [-0.4, -0.2) is 51.8 Å². The summed E-state index contributed by atoms with van der Waals surface area (Å²) in [7, 11) is 5.87. The van der Waals surface area contributed by atoms with E-state index in [0.717, 1.165) is 19.7 Å². The van der Waals surface area contributed by atoms with E-state index in [2.05, 4.69) is 24.2 Å². The molecule has 0 aromatic carbocycles. The third-order valence-electron chi connectivity index (χ3n) is 2.10. The van der Waals surface area contributed by atoms with Crippen LogP contribution in [0.5, 0.6) is 0 Å². The molecule has 0 aliphatic heterocycles. The zero-order valence-electron chi connectivity index (χ0n) is 8.76. The molecular weight excluding hydrogens is 152 g/mol. The van der Waals surface area contributed by atoms with Gasteiger partial charge in [0.1, 0.15) is 0 Å². The number of nitrogens with one attached hydrogen (secondary N) is 1. The van der Waals surface area contributed by atoms with E-state index in [4.69, 9.17) is 4.74 Å². The lowest BCUT2D eigenvalue weighted by atomic mass is 10.3. The number of likely N-dealkylation sites (N-methyl/N-ethyl adjacent to an activating group) is 1. The SMILES string of the molecule is CNCCCN(C)C(C)COC. The summed E-state index contributed by atoms with van der Waals surface area (Å²) in [5.74, 6) is 0. The van der Waals surface area contributed by atoms with E-state index < -0.39 is 0 Å². The van der Waals surface area contributed by atoms with Gasteiger partial charge in [-0.15, -0.1) is 0 Å². The molecule has 0 aromatic heterocycles. The molecule has 1 atom stereocenters. The minimum atomic E-state index is 0.520. The van der Waals surface area contributed by atoms with E-state index in [1.54, 1.807) is 7.11 Å². The van der Waals surface area contributed by atoms with Crippen LogP contribution in [0.2, 0.25) is 0 Å². The van der Waals surface area contributed by atoms with Gasteiger partial charge in [0.2, 0.25) is 0 Å². The zero-order chi connectivity index (χ0) is 9.40. The second-order valence-corrected chi connectivity index (χ2v) is 3.24. The Morgan fingerprint density at radius 1 is 1.50 bits per heavy atom. The number of ether oxygens (including phenoxy) is 1. The highest BCUT2D eigenvalue weighted by Gasteiger charge is 2.06. The van der Waals surface area contributed by atoms with E-state index in [-0.39, 0.29) is 0 Å². The molecule has 3 heteroatoms. The first-order valence-electron chi connectivity index (χ1n) is 4.56. The average molecular weight is 174 g/mol. The van der Waals surface area contributed by atoms with Crippen LogP contribution < -0.4 is 5.32 Å². The minimum Gasteiger partial charge on any atom is -0.383 e. The number of nitrogens with zero attached hydrogens (tertiary/aromatic N) is 1. The molecule has 0 saturated heterocycles. The van der Waals surface area contributed by atoms with Crippen molar-refractivity contribution in [3.05, 3.63) is 0 Å².